The van der Waals surface area contributed by atoms with Crippen molar-refractivity contribution in [2.75, 3.05) is 13.6 Å². The summed E-state index contributed by atoms with van der Waals surface area (Å²) in [5.74, 6) is 0. The van der Waals surface area contributed by atoms with E-state index in [2.05, 4.69) is 17.7 Å². The average Bonchev–Trinajstić information content (AvgIpc) is 2.83. The topological polar surface area (TPSA) is 24.1 Å². The summed E-state index contributed by atoms with van der Waals surface area (Å²) in [5.41, 5.74) is 0.462. The van der Waals surface area contributed by atoms with Crippen LogP contribution < -0.4 is 10.6 Å². The predicted molar refractivity (Wildman–Crippen MR) is 69.8 cm³/mol. The molecule has 0 aromatic rings. The lowest BCUT2D eigenvalue weighted by molar-refractivity contribution is 0.225. The molecule has 0 aromatic heterocycles. The van der Waals surface area contributed by atoms with Crippen molar-refractivity contribution in [2.45, 2.75) is 75.8 Å². The van der Waals surface area contributed by atoms with Gasteiger partial charge in [0.15, 0.2) is 0 Å². The Morgan fingerprint density at radius 2 is 1.69 bits per heavy atom. The molecule has 2 nitrogen and oxygen atoms in total. The molecule has 2 fully saturated rings. The summed E-state index contributed by atoms with van der Waals surface area (Å²) in [6, 6.07) is 0.831. The van der Waals surface area contributed by atoms with Gasteiger partial charge in [-0.1, -0.05) is 32.1 Å². The minimum absolute atomic E-state index is 0.462. The fourth-order valence-corrected chi connectivity index (χ4v) is 3.50. The molecule has 2 N–H and O–H groups in total. The molecule has 0 amide bonds. The molecule has 0 saturated heterocycles. The summed E-state index contributed by atoms with van der Waals surface area (Å²) < 4.78 is 0. The number of hydrogen-bond acceptors (Lipinski definition) is 2. The van der Waals surface area contributed by atoms with Crippen LogP contribution in [0.15, 0.2) is 0 Å². The largest absolute Gasteiger partial charge is 0.314 e. The quantitative estimate of drug-likeness (QED) is 0.750. The van der Waals surface area contributed by atoms with E-state index in [1.165, 1.54) is 70.8 Å². The molecular formula is C14H28N2. The Morgan fingerprint density at radius 3 is 2.31 bits per heavy atom. The van der Waals surface area contributed by atoms with Gasteiger partial charge in [-0.3, -0.25) is 0 Å². The third kappa shape index (κ3) is 3.21. The van der Waals surface area contributed by atoms with Gasteiger partial charge in [-0.2, -0.15) is 0 Å². The molecule has 0 unspecified atom stereocenters. The Bertz CT molecular complexity index is 191. The van der Waals surface area contributed by atoms with Gasteiger partial charge in [-0.25, -0.2) is 0 Å². The molecule has 0 aromatic carbocycles. The minimum atomic E-state index is 0.462. The van der Waals surface area contributed by atoms with Crippen molar-refractivity contribution >= 4 is 0 Å². The summed E-state index contributed by atoms with van der Waals surface area (Å²) in [5, 5.41) is 7.35. The Labute approximate surface area is 101 Å². The fourth-order valence-electron chi connectivity index (χ4n) is 3.50. The average molecular weight is 224 g/mol. The molecule has 2 aliphatic carbocycles. The highest BCUT2D eigenvalue weighted by atomic mass is 15.0. The van der Waals surface area contributed by atoms with E-state index in [-0.39, 0.29) is 0 Å². The number of nitrogens with one attached hydrogen (secondary N) is 2. The van der Waals surface area contributed by atoms with E-state index < -0.39 is 0 Å². The first-order chi connectivity index (χ1) is 7.85. The molecule has 2 aliphatic rings. The monoisotopic (exact) mass is 224 g/mol. The van der Waals surface area contributed by atoms with E-state index in [0.717, 1.165) is 6.04 Å². The molecule has 2 rings (SSSR count). The van der Waals surface area contributed by atoms with Gasteiger partial charge < -0.3 is 10.6 Å². The van der Waals surface area contributed by atoms with Gasteiger partial charge in [-0.15, -0.1) is 0 Å². The van der Waals surface area contributed by atoms with Crippen LogP contribution in [0.3, 0.4) is 0 Å². The first-order valence-corrected chi connectivity index (χ1v) is 7.27. The highest BCUT2D eigenvalue weighted by Gasteiger charge is 2.29. The lowest BCUT2D eigenvalue weighted by Crippen LogP contribution is -2.47. The van der Waals surface area contributed by atoms with E-state index in [4.69, 9.17) is 0 Å². The normalized spacial score (nSPS) is 26.1. The van der Waals surface area contributed by atoms with Gasteiger partial charge >= 0.3 is 0 Å². The molecule has 0 bridgehead atoms. The first kappa shape index (κ1) is 12.4. The molecular weight excluding hydrogens is 196 g/mol. The van der Waals surface area contributed by atoms with E-state index in [1.807, 2.05) is 0 Å². The van der Waals surface area contributed by atoms with Crippen molar-refractivity contribution in [2.24, 2.45) is 0 Å². The van der Waals surface area contributed by atoms with Crippen LogP contribution in [-0.2, 0) is 0 Å². The summed E-state index contributed by atoms with van der Waals surface area (Å²) >= 11 is 0. The van der Waals surface area contributed by atoms with Crippen LogP contribution in [0.4, 0.5) is 0 Å². The smallest absolute Gasteiger partial charge is 0.0190 e. The van der Waals surface area contributed by atoms with Crippen molar-refractivity contribution in [1.82, 2.24) is 10.6 Å². The lowest BCUT2D eigenvalue weighted by Gasteiger charge is -2.37. The predicted octanol–water partition coefficient (Wildman–Crippen LogP) is 2.83. The zero-order valence-corrected chi connectivity index (χ0v) is 10.9. The maximum Gasteiger partial charge on any atom is 0.0190 e. The van der Waals surface area contributed by atoms with Crippen molar-refractivity contribution in [1.29, 1.82) is 0 Å². The molecule has 0 spiro atoms. The summed E-state index contributed by atoms with van der Waals surface area (Å²) in [4.78, 5) is 0. The second-order valence-electron chi connectivity index (χ2n) is 5.78. The van der Waals surface area contributed by atoms with E-state index in [0.29, 0.717) is 5.54 Å². The van der Waals surface area contributed by atoms with E-state index in [9.17, 15) is 0 Å². The van der Waals surface area contributed by atoms with Crippen molar-refractivity contribution in [3.8, 4) is 0 Å². The SMILES string of the molecule is CNC1(CCNC2CCCC2)CCCCC1. The molecule has 0 heterocycles. The number of rotatable bonds is 5. The zero-order valence-electron chi connectivity index (χ0n) is 10.9. The minimum Gasteiger partial charge on any atom is -0.314 e. The molecule has 0 aliphatic heterocycles. The van der Waals surface area contributed by atoms with Crippen molar-refractivity contribution < 1.29 is 0 Å². The van der Waals surface area contributed by atoms with E-state index >= 15 is 0 Å². The van der Waals surface area contributed by atoms with Crippen LogP contribution in [0.2, 0.25) is 0 Å². The van der Waals surface area contributed by atoms with Gasteiger partial charge in [0.1, 0.15) is 0 Å². The van der Waals surface area contributed by atoms with Gasteiger partial charge in [-0.05, 0) is 45.7 Å². The Morgan fingerprint density at radius 1 is 1.00 bits per heavy atom. The Kier molecular flexibility index (Phi) is 4.66. The Balaban J connectivity index is 1.69. The number of hydrogen-bond donors (Lipinski definition) is 2. The van der Waals surface area contributed by atoms with Gasteiger partial charge in [0.25, 0.3) is 0 Å². The first-order valence-electron chi connectivity index (χ1n) is 7.27. The highest BCUT2D eigenvalue weighted by molar-refractivity contribution is 4.90. The maximum atomic E-state index is 3.75. The third-order valence-electron chi connectivity index (χ3n) is 4.73. The van der Waals surface area contributed by atoms with E-state index in [1.54, 1.807) is 0 Å². The van der Waals surface area contributed by atoms with Gasteiger partial charge in [0, 0.05) is 11.6 Å². The molecule has 0 atom stereocenters. The van der Waals surface area contributed by atoms with Crippen LogP contribution in [0.25, 0.3) is 0 Å². The Hall–Kier alpha value is -0.0800. The van der Waals surface area contributed by atoms with Crippen LogP contribution in [0.5, 0.6) is 0 Å². The summed E-state index contributed by atoms with van der Waals surface area (Å²) in [6.45, 7) is 1.21. The van der Waals surface area contributed by atoms with Gasteiger partial charge in [0.05, 0.1) is 0 Å². The van der Waals surface area contributed by atoms with Crippen LogP contribution >= 0.6 is 0 Å². The molecule has 94 valence electrons. The second-order valence-corrected chi connectivity index (χ2v) is 5.78. The standard InChI is InChI=1S/C14H28N2/c1-15-14(9-5-2-6-10-14)11-12-16-13-7-3-4-8-13/h13,15-16H,2-12H2,1H3. The van der Waals surface area contributed by atoms with Crippen LogP contribution in [0.1, 0.15) is 64.2 Å². The van der Waals surface area contributed by atoms with Crippen LogP contribution in [-0.4, -0.2) is 25.2 Å². The van der Waals surface area contributed by atoms with Crippen molar-refractivity contribution in [3.63, 3.8) is 0 Å². The zero-order chi connectivity index (χ0) is 11.3. The summed E-state index contributed by atoms with van der Waals surface area (Å²) in [7, 11) is 2.15. The second kappa shape index (κ2) is 6.02. The van der Waals surface area contributed by atoms with Crippen molar-refractivity contribution in [3.05, 3.63) is 0 Å². The lowest BCUT2D eigenvalue weighted by atomic mass is 9.79. The molecule has 2 saturated carbocycles. The molecule has 16 heavy (non-hydrogen) atoms. The highest BCUT2D eigenvalue weighted by Crippen LogP contribution is 2.30. The molecule has 0 radical (unpaired) electrons. The summed E-state index contributed by atoms with van der Waals surface area (Å²) in [6.07, 6.45) is 14.1. The third-order valence-corrected chi connectivity index (χ3v) is 4.73. The maximum absolute atomic E-state index is 3.75. The fraction of sp³-hybridized carbons (Fsp3) is 1.00. The van der Waals surface area contributed by atoms with Crippen LogP contribution in [0, 0.1) is 0 Å². The molecule has 2 heteroatoms. The van der Waals surface area contributed by atoms with Gasteiger partial charge in [0.2, 0.25) is 0 Å².